The summed E-state index contributed by atoms with van der Waals surface area (Å²) in [5, 5.41) is 18.4. The number of hydrogen-bond acceptors (Lipinski definition) is 10. The van der Waals surface area contributed by atoms with Gasteiger partial charge in [-0.2, -0.15) is 20.2 Å². The molecule has 2 aliphatic carbocycles. The maximum absolute atomic E-state index is 11.5. The average molecular weight is 618 g/mol. The van der Waals surface area contributed by atoms with Gasteiger partial charge in [0, 0.05) is 42.4 Å². The highest BCUT2D eigenvalue weighted by Gasteiger charge is 2.20. The molecule has 0 saturated carbocycles. The van der Waals surface area contributed by atoms with Crippen molar-refractivity contribution in [2.45, 2.75) is 46.5 Å². The summed E-state index contributed by atoms with van der Waals surface area (Å²) in [4.78, 5) is 32.3. The standard InChI is InChI=1S/C34H35N9O3/c1-19-5-14-31(46-4)30(15-19)37-34-38-32(42-40-28-12-6-22-16-24(35-20(2)44)8-10-26(22)28)18-33(39-34)43-41-29-13-7-23-17-25(36-21(3)45)9-11-27(23)29/h5,8-11,14-18H,6-7,12-13H2,1-4H3,(H,35,44)(H,36,45)(H3,37,38,39,42,43). The summed E-state index contributed by atoms with van der Waals surface area (Å²) in [6, 6.07) is 19.3. The number of hydrogen-bond donors (Lipinski definition) is 5. The summed E-state index contributed by atoms with van der Waals surface area (Å²) in [5.41, 5.74) is 15.7. The SMILES string of the molecule is COc1ccc(C)cc1Nc1nc(NN=C2CCc3cc(NC(C)=O)ccc32)cc(NN=C2CCc3cc(NC(C)=O)ccc32)n1. The van der Waals surface area contributed by atoms with Crippen molar-refractivity contribution in [1.82, 2.24) is 9.97 Å². The van der Waals surface area contributed by atoms with E-state index in [-0.39, 0.29) is 11.8 Å². The monoisotopic (exact) mass is 617 g/mol. The zero-order valence-corrected chi connectivity index (χ0v) is 26.1. The van der Waals surface area contributed by atoms with E-state index in [0.717, 1.165) is 82.0 Å². The van der Waals surface area contributed by atoms with Crippen LogP contribution < -0.4 is 31.5 Å². The first kappa shape index (κ1) is 30.3. The average Bonchev–Trinajstić information content (AvgIpc) is 3.61. The van der Waals surface area contributed by atoms with Gasteiger partial charge in [-0.3, -0.25) is 20.4 Å². The van der Waals surface area contributed by atoms with Gasteiger partial charge >= 0.3 is 0 Å². The maximum atomic E-state index is 11.5. The van der Waals surface area contributed by atoms with Crippen LogP contribution >= 0.6 is 0 Å². The number of fused-ring (bicyclic) bond motifs is 2. The Morgan fingerprint density at radius 1 is 0.717 bits per heavy atom. The summed E-state index contributed by atoms with van der Waals surface area (Å²) in [6.45, 7) is 4.99. The molecule has 0 unspecified atom stereocenters. The first-order chi connectivity index (χ1) is 22.2. The van der Waals surface area contributed by atoms with Crippen LogP contribution in [0.2, 0.25) is 0 Å². The number of carbonyl (C=O) groups excluding carboxylic acids is 2. The fourth-order valence-electron chi connectivity index (χ4n) is 5.64. The van der Waals surface area contributed by atoms with Crippen LogP contribution in [-0.4, -0.2) is 40.3 Å². The van der Waals surface area contributed by atoms with E-state index in [4.69, 9.17) is 14.9 Å². The van der Waals surface area contributed by atoms with Crippen LogP contribution in [-0.2, 0) is 22.4 Å². The molecule has 46 heavy (non-hydrogen) atoms. The molecule has 2 aliphatic rings. The molecule has 5 N–H and O–H groups in total. The smallest absolute Gasteiger partial charge is 0.231 e. The van der Waals surface area contributed by atoms with Gasteiger partial charge < -0.3 is 20.7 Å². The molecule has 0 saturated heterocycles. The van der Waals surface area contributed by atoms with Gasteiger partial charge in [-0.25, -0.2) is 0 Å². The van der Waals surface area contributed by atoms with Crippen LogP contribution in [0.25, 0.3) is 0 Å². The van der Waals surface area contributed by atoms with E-state index in [2.05, 4.69) is 36.8 Å². The van der Waals surface area contributed by atoms with Crippen LogP contribution in [0.3, 0.4) is 0 Å². The van der Waals surface area contributed by atoms with Gasteiger partial charge in [-0.05, 0) is 85.7 Å². The number of rotatable bonds is 9. The third-order valence-corrected chi connectivity index (χ3v) is 7.67. The lowest BCUT2D eigenvalue weighted by Gasteiger charge is -2.13. The largest absolute Gasteiger partial charge is 0.495 e. The van der Waals surface area contributed by atoms with Crippen molar-refractivity contribution in [3.63, 3.8) is 0 Å². The molecule has 0 spiro atoms. The highest BCUT2D eigenvalue weighted by Crippen LogP contribution is 2.30. The van der Waals surface area contributed by atoms with Crippen molar-refractivity contribution in [3.05, 3.63) is 88.5 Å². The summed E-state index contributed by atoms with van der Waals surface area (Å²) >= 11 is 0. The number of methoxy groups -OCH3 is 1. The number of hydrazone groups is 2. The molecule has 0 bridgehead atoms. The summed E-state index contributed by atoms with van der Waals surface area (Å²) < 4.78 is 5.55. The zero-order valence-electron chi connectivity index (χ0n) is 26.1. The van der Waals surface area contributed by atoms with E-state index in [0.29, 0.717) is 23.3 Å². The van der Waals surface area contributed by atoms with E-state index in [1.54, 1.807) is 13.2 Å². The Bertz CT molecular complexity index is 1800. The van der Waals surface area contributed by atoms with Crippen LogP contribution in [0.15, 0.2) is 70.9 Å². The number of anilines is 6. The minimum Gasteiger partial charge on any atom is -0.495 e. The summed E-state index contributed by atoms with van der Waals surface area (Å²) in [6.07, 6.45) is 3.16. The van der Waals surface area contributed by atoms with Crippen molar-refractivity contribution in [3.8, 4) is 5.75 Å². The van der Waals surface area contributed by atoms with Crippen molar-refractivity contribution in [2.24, 2.45) is 10.2 Å². The van der Waals surface area contributed by atoms with Crippen LogP contribution in [0.4, 0.5) is 34.6 Å². The lowest BCUT2D eigenvalue weighted by molar-refractivity contribution is -0.115. The number of aromatic nitrogens is 2. The van der Waals surface area contributed by atoms with Gasteiger partial charge in [-0.15, -0.1) is 0 Å². The molecule has 234 valence electrons. The molecule has 12 nitrogen and oxygen atoms in total. The molecule has 1 heterocycles. The summed E-state index contributed by atoms with van der Waals surface area (Å²) in [5.74, 6) is 1.71. The van der Waals surface area contributed by atoms with Gasteiger partial charge in [0.2, 0.25) is 17.8 Å². The lowest BCUT2D eigenvalue weighted by Crippen LogP contribution is -2.08. The van der Waals surface area contributed by atoms with Crippen molar-refractivity contribution >= 4 is 57.9 Å². The van der Waals surface area contributed by atoms with Crippen LogP contribution in [0.1, 0.15) is 54.5 Å². The first-order valence-electron chi connectivity index (χ1n) is 15.0. The van der Waals surface area contributed by atoms with E-state index >= 15 is 0 Å². The van der Waals surface area contributed by atoms with E-state index < -0.39 is 0 Å². The molecule has 12 heteroatoms. The van der Waals surface area contributed by atoms with Gasteiger partial charge in [0.25, 0.3) is 0 Å². The van der Waals surface area contributed by atoms with Crippen molar-refractivity contribution in [2.75, 3.05) is 33.9 Å². The predicted octanol–water partition coefficient (Wildman–Crippen LogP) is 5.98. The Kier molecular flexibility index (Phi) is 8.59. The Hall–Kier alpha value is -5.78. The van der Waals surface area contributed by atoms with E-state index in [1.807, 2.05) is 61.5 Å². The third-order valence-electron chi connectivity index (χ3n) is 7.67. The molecule has 0 fully saturated rings. The van der Waals surface area contributed by atoms with Crippen molar-refractivity contribution < 1.29 is 14.3 Å². The van der Waals surface area contributed by atoms with Gasteiger partial charge in [0.1, 0.15) is 5.75 Å². The first-order valence-corrected chi connectivity index (χ1v) is 15.0. The lowest BCUT2D eigenvalue weighted by atomic mass is 10.1. The van der Waals surface area contributed by atoms with E-state index in [9.17, 15) is 9.59 Å². The van der Waals surface area contributed by atoms with Gasteiger partial charge in [0.05, 0.1) is 24.2 Å². The number of amides is 2. The maximum Gasteiger partial charge on any atom is 0.231 e. The minimum absolute atomic E-state index is 0.104. The molecule has 0 aliphatic heterocycles. The molecule has 0 radical (unpaired) electrons. The molecular formula is C34H35N9O3. The topological polar surface area (TPSA) is 154 Å². The minimum atomic E-state index is -0.104. The normalized spacial score (nSPS) is 14.9. The fraction of sp³-hybridized carbons (Fsp3) is 0.235. The molecule has 3 aromatic carbocycles. The fourth-order valence-corrected chi connectivity index (χ4v) is 5.64. The number of nitrogens with zero attached hydrogens (tertiary/aromatic N) is 4. The number of aryl methyl sites for hydroxylation is 3. The second-order valence-corrected chi connectivity index (χ2v) is 11.2. The number of carbonyl (C=O) groups is 2. The molecule has 4 aromatic rings. The predicted molar refractivity (Wildman–Crippen MR) is 181 cm³/mol. The van der Waals surface area contributed by atoms with Gasteiger partial charge in [0.15, 0.2) is 11.6 Å². The highest BCUT2D eigenvalue weighted by molar-refractivity contribution is 6.06. The molecule has 1 aromatic heterocycles. The Morgan fingerprint density at radius 2 is 1.26 bits per heavy atom. The van der Waals surface area contributed by atoms with Gasteiger partial charge in [-0.1, -0.05) is 18.2 Å². The van der Waals surface area contributed by atoms with Crippen LogP contribution in [0.5, 0.6) is 5.75 Å². The highest BCUT2D eigenvalue weighted by atomic mass is 16.5. The van der Waals surface area contributed by atoms with Crippen LogP contribution in [0, 0.1) is 6.92 Å². The van der Waals surface area contributed by atoms with E-state index in [1.165, 1.54) is 13.8 Å². The summed E-state index contributed by atoms with van der Waals surface area (Å²) in [7, 11) is 1.62. The third kappa shape index (κ3) is 6.96. The molecule has 0 atom stereocenters. The second kappa shape index (κ2) is 13.1. The number of ether oxygens (including phenoxy) is 1. The van der Waals surface area contributed by atoms with Crippen molar-refractivity contribution in [1.29, 1.82) is 0 Å². The molecule has 2 amide bonds. The Balaban J connectivity index is 1.27. The molecular weight excluding hydrogens is 582 g/mol. The Labute approximate surface area is 266 Å². The Morgan fingerprint density at radius 3 is 1.76 bits per heavy atom. The number of nitrogens with one attached hydrogen (secondary N) is 5. The number of benzene rings is 3. The zero-order chi connectivity index (χ0) is 32.2. The molecule has 6 rings (SSSR count). The quantitative estimate of drug-likeness (QED) is 0.144. The second-order valence-electron chi connectivity index (χ2n) is 11.2.